The fourth-order valence-corrected chi connectivity index (χ4v) is 3.03. The highest BCUT2D eigenvalue weighted by Crippen LogP contribution is 2.24. The first kappa shape index (κ1) is 18.7. The summed E-state index contributed by atoms with van der Waals surface area (Å²) in [6, 6.07) is 16.9. The average Bonchev–Trinajstić information content (AvgIpc) is 3.38. The molecule has 0 amide bonds. The van der Waals surface area contributed by atoms with Crippen LogP contribution in [-0.2, 0) is 17.9 Å². The second-order valence-corrected chi connectivity index (χ2v) is 6.22. The van der Waals surface area contributed by atoms with Gasteiger partial charge in [-0.25, -0.2) is 9.78 Å². The van der Waals surface area contributed by atoms with Crippen molar-refractivity contribution in [1.82, 2.24) is 9.55 Å². The van der Waals surface area contributed by atoms with E-state index in [1.807, 2.05) is 6.07 Å². The summed E-state index contributed by atoms with van der Waals surface area (Å²) in [6.45, 7) is -2.78. The lowest BCUT2D eigenvalue weighted by atomic mass is 10.2. The lowest BCUT2D eigenvalue weighted by Crippen LogP contribution is -2.12. The van der Waals surface area contributed by atoms with E-state index in [2.05, 4.69) is 10.3 Å². The first-order valence-corrected chi connectivity index (χ1v) is 8.90. The van der Waals surface area contributed by atoms with Crippen LogP contribution in [0.25, 0.3) is 11.0 Å². The number of halogens is 2. The molecule has 0 aliphatic heterocycles. The standard InChI is InChI=1S/C21H17F2N3O3/c22-21(23)26-18-10-4-3-9-17(18)25-19(26)13-29-20(27)15-7-1-2-8-16(15)24-12-14-6-5-11-28-14/h1-11,21,24H,12-13H2. The van der Waals surface area contributed by atoms with Crippen LogP contribution in [0.1, 0.15) is 28.5 Å². The van der Waals surface area contributed by atoms with Crippen LogP contribution in [0.3, 0.4) is 0 Å². The number of esters is 1. The second kappa shape index (κ2) is 8.14. The Labute approximate surface area is 164 Å². The van der Waals surface area contributed by atoms with Gasteiger partial charge >= 0.3 is 12.5 Å². The molecule has 0 spiro atoms. The number of ether oxygens (including phenoxy) is 1. The molecule has 2 heterocycles. The van der Waals surface area contributed by atoms with E-state index in [9.17, 15) is 13.6 Å². The number of rotatable bonds is 7. The molecule has 0 radical (unpaired) electrons. The van der Waals surface area contributed by atoms with Crippen molar-refractivity contribution in [2.75, 3.05) is 5.32 Å². The molecule has 6 nitrogen and oxygen atoms in total. The Morgan fingerprint density at radius 1 is 1.10 bits per heavy atom. The van der Waals surface area contributed by atoms with Gasteiger partial charge in [-0.05, 0) is 36.4 Å². The predicted molar refractivity (Wildman–Crippen MR) is 103 cm³/mol. The van der Waals surface area contributed by atoms with E-state index in [1.54, 1.807) is 60.9 Å². The van der Waals surface area contributed by atoms with Gasteiger partial charge in [0, 0.05) is 5.69 Å². The van der Waals surface area contributed by atoms with Gasteiger partial charge in [0.1, 0.15) is 12.4 Å². The third kappa shape index (κ3) is 3.96. The van der Waals surface area contributed by atoms with Gasteiger partial charge in [-0.1, -0.05) is 24.3 Å². The van der Waals surface area contributed by atoms with E-state index in [0.29, 0.717) is 29.1 Å². The van der Waals surface area contributed by atoms with Crippen LogP contribution in [0.2, 0.25) is 0 Å². The molecular formula is C21H17F2N3O3. The SMILES string of the molecule is O=C(OCc1nc2ccccc2n1C(F)F)c1ccccc1NCc1ccco1. The van der Waals surface area contributed by atoms with Crippen molar-refractivity contribution in [3.8, 4) is 0 Å². The van der Waals surface area contributed by atoms with Gasteiger partial charge in [0.2, 0.25) is 0 Å². The topological polar surface area (TPSA) is 69.3 Å². The third-order valence-electron chi connectivity index (χ3n) is 4.38. The molecule has 148 valence electrons. The van der Waals surface area contributed by atoms with E-state index < -0.39 is 12.5 Å². The van der Waals surface area contributed by atoms with Gasteiger partial charge in [-0.15, -0.1) is 0 Å². The Balaban J connectivity index is 1.51. The Hall–Kier alpha value is -3.68. The molecule has 2 aromatic heterocycles. The van der Waals surface area contributed by atoms with Crippen molar-refractivity contribution < 1.29 is 22.7 Å². The molecule has 8 heteroatoms. The zero-order valence-electron chi connectivity index (χ0n) is 15.2. The van der Waals surface area contributed by atoms with Gasteiger partial charge in [0.05, 0.1) is 29.4 Å². The summed E-state index contributed by atoms with van der Waals surface area (Å²) < 4.78 is 38.3. The van der Waals surface area contributed by atoms with Gasteiger partial charge < -0.3 is 14.5 Å². The number of furan rings is 1. The highest BCUT2D eigenvalue weighted by atomic mass is 19.3. The van der Waals surface area contributed by atoms with E-state index in [0.717, 1.165) is 4.57 Å². The van der Waals surface area contributed by atoms with E-state index in [4.69, 9.17) is 9.15 Å². The molecule has 0 bridgehead atoms. The van der Waals surface area contributed by atoms with Crippen LogP contribution in [0.15, 0.2) is 71.3 Å². The smallest absolute Gasteiger partial charge is 0.340 e. The summed E-state index contributed by atoms with van der Waals surface area (Å²) in [6.07, 6.45) is 1.56. The maximum Gasteiger partial charge on any atom is 0.340 e. The number of nitrogens with one attached hydrogen (secondary N) is 1. The minimum absolute atomic E-state index is 0.0180. The Bertz CT molecular complexity index is 1120. The molecule has 1 N–H and O–H groups in total. The quantitative estimate of drug-likeness (QED) is 0.445. The van der Waals surface area contributed by atoms with Crippen molar-refractivity contribution >= 4 is 22.7 Å². The number of hydrogen-bond acceptors (Lipinski definition) is 5. The van der Waals surface area contributed by atoms with Gasteiger partial charge in [-0.3, -0.25) is 4.57 Å². The monoisotopic (exact) mass is 397 g/mol. The molecule has 29 heavy (non-hydrogen) atoms. The van der Waals surface area contributed by atoms with Crippen LogP contribution in [0, 0.1) is 0 Å². The van der Waals surface area contributed by atoms with Gasteiger partial charge in [0.15, 0.2) is 5.82 Å². The van der Waals surface area contributed by atoms with Crippen LogP contribution in [0.5, 0.6) is 0 Å². The summed E-state index contributed by atoms with van der Waals surface area (Å²) >= 11 is 0. The van der Waals surface area contributed by atoms with Crippen molar-refractivity contribution in [3.63, 3.8) is 0 Å². The molecule has 4 rings (SSSR count). The summed E-state index contributed by atoms with van der Waals surface area (Å²) in [4.78, 5) is 16.8. The fraction of sp³-hybridized carbons (Fsp3) is 0.143. The number of para-hydroxylation sites is 3. The van der Waals surface area contributed by atoms with Crippen molar-refractivity contribution in [3.05, 3.63) is 84.1 Å². The molecular weight excluding hydrogens is 380 g/mol. The average molecular weight is 397 g/mol. The minimum Gasteiger partial charge on any atom is -0.467 e. The molecule has 0 aliphatic carbocycles. The molecule has 4 aromatic rings. The summed E-state index contributed by atoms with van der Waals surface area (Å²) in [5, 5.41) is 3.11. The number of hydrogen-bond donors (Lipinski definition) is 1. The van der Waals surface area contributed by atoms with E-state index in [-0.39, 0.29) is 17.9 Å². The first-order valence-electron chi connectivity index (χ1n) is 8.90. The largest absolute Gasteiger partial charge is 0.467 e. The summed E-state index contributed by atoms with van der Waals surface area (Å²) in [5.74, 6) is 0.0508. The van der Waals surface area contributed by atoms with Crippen molar-refractivity contribution in [1.29, 1.82) is 0 Å². The number of imidazole rings is 1. The number of benzene rings is 2. The minimum atomic E-state index is -2.79. The molecule has 0 unspecified atom stereocenters. The van der Waals surface area contributed by atoms with Crippen molar-refractivity contribution in [2.24, 2.45) is 0 Å². The van der Waals surface area contributed by atoms with Gasteiger partial charge in [0.25, 0.3) is 0 Å². The number of anilines is 1. The lowest BCUT2D eigenvalue weighted by molar-refractivity contribution is 0.0388. The number of alkyl halides is 2. The predicted octanol–water partition coefficient (Wildman–Crippen LogP) is 4.99. The maximum absolute atomic E-state index is 13.5. The number of fused-ring (bicyclic) bond motifs is 1. The number of nitrogens with zero attached hydrogens (tertiary/aromatic N) is 2. The van der Waals surface area contributed by atoms with Crippen LogP contribution in [-0.4, -0.2) is 15.5 Å². The highest BCUT2D eigenvalue weighted by Gasteiger charge is 2.20. The Morgan fingerprint density at radius 2 is 1.90 bits per heavy atom. The summed E-state index contributed by atoms with van der Waals surface area (Å²) in [5.41, 5.74) is 1.54. The van der Waals surface area contributed by atoms with E-state index in [1.165, 1.54) is 0 Å². The normalized spacial score (nSPS) is 11.1. The fourth-order valence-electron chi connectivity index (χ4n) is 3.03. The van der Waals surface area contributed by atoms with E-state index >= 15 is 0 Å². The molecule has 2 aromatic carbocycles. The number of carbonyl (C=O) groups is 1. The molecule has 0 fully saturated rings. The second-order valence-electron chi connectivity index (χ2n) is 6.22. The first-order chi connectivity index (χ1) is 14.1. The van der Waals surface area contributed by atoms with Crippen LogP contribution >= 0.6 is 0 Å². The Kier molecular flexibility index (Phi) is 5.24. The third-order valence-corrected chi connectivity index (χ3v) is 4.38. The molecule has 0 saturated heterocycles. The maximum atomic E-state index is 13.5. The van der Waals surface area contributed by atoms with Crippen molar-refractivity contribution in [2.45, 2.75) is 19.7 Å². The Morgan fingerprint density at radius 3 is 2.69 bits per heavy atom. The zero-order valence-corrected chi connectivity index (χ0v) is 15.2. The molecule has 0 atom stereocenters. The molecule has 0 aliphatic rings. The summed E-state index contributed by atoms with van der Waals surface area (Å²) in [7, 11) is 0. The highest BCUT2D eigenvalue weighted by molar-refractivity contribution is 5.95. The lowest BCUT2D eigenvalue weighted by Gasteiger charge is -2.12. The van der Waals surface area contributed by atoms with Gasteiger partial charge in [-0.2, -0.15) is 8.78 Å². The number of carbonyl (C=O) groups excluding carboxylic acids is 1. The van der Waals surface area contributed by atoms with Crippen LogP contribution in [0.4, 0.5) is 14.5 Å². The van der Waals surface area contributed by atoms with Crippen LogP contribution < -0.4 is 5.32 Å². The molecule has 0 saturated carbocycles. The number of aromatic nitrogens is 2. The zero-order chi connectivity index (χ0) is 20.2.